The van der Waals surface area contributed by atoms with E-state index in [2.05, 4.69) is 25.2 Å². The predicted octanol–water partition coefficient (Wildman–Crippen LogP) is 4.02. The van der Waals surface area contributed by atoms with E-state index in [0.29, 0.717) is 0 Å². The van der Waals surface area contributed by atoms with Gasteiger partial charge in [-0.25, -0.2) is 0 Å². The van der Waals surface area contributed by atoms with Crippen molar-refractivity contribution in [3.63, 3.8) is 0 Å². The van der Waals surface area contributed by atoms with Crippen LogP contribution in [0.15, 0.2) is 48.5 Å². The summed E-state index contributed by atoms with van der Waals surface area (Å²) < 4.78 is 11.2. The molecule has 2 aromatic carbocycles. The lowest BCUT2D eigenvalue weighted by Crippen LogP contribution is -2.34. The number of nitrogens with one attached hydrogen (secondary N) is 1. The Hall–Kier alpha value is -2.16. The molecule has 1 heterocycles. The summed E-state index contributed by atoms with van der Waals surface area (Å²) in [5.74, 6) is 1.82. The molecule has 0 aliphatic carbocycles. The summed E-state index contributed by atoms with van der Waals surface area (Å²) in [6.45, 7) is 4.21. The highest BCUT2D eigenvalue weighted by Gasteiger charge is 2.40. The highest BCUT2D eigenvalue weighted by atomic mass is 16.5. The fourth-order valence-corrected chi connectivity index (χ4v) is 2.63. The quantitative estimate of drug-likeness (QED) is 0.913. The van der Waals surface area contributed by atoms with Crippen LogP contribution < -0.4 is 14.8 Å². The van der Waals surface area contributed by atoms with Crippen molar-refractivity contribution in [2.75, 3.05) is 12.4 Å². The largest absolute Gasteiger partial charge is 0.497 e. The minimum absolute atomic E-state index is 0.132. The summed E-state index contributed by atoms with van der Waals surface area (Å²) in [5, 5.41) is 3.56. The summed E-state index contributed by atoms with van der Waals surface area (Å²) in [5.41, 5.74) is 1.99. The molecule has 0 radical (unpaired) electrons. The minimum Gasteiger partial charge on any atom is -0.497 e. The molecule has 0 bridgehead atoms. The Morgan fingerprint density at radius 2 is 1.75 bits per heavy atom. The molecule has 1 aliphatic rings. The van der Waals surface area contributed by atoms with Crippen molar-refractivity contribution >= 4 is 5.69 Å². The lowest BCUT2D eigenvalue weighted by molar-refractivity contribution is 0.118. The van der Waals surface area contributed by atoms with E-state index in [1.807, 2.05) is 42.5 Å². The molecule has 2 aromatic rings. The molecule has 1 unspecified atom stereocenters. The third kappa shape index (κ3) is 2.20. The van der Waals surface area contributed by atoms with Crippen molar-refractivity contribution in [1.82, 2.24) is 0 Å². The molecule has 0 saturated carbocycles. The molecular weight excluding hydrogens is 250 g/mol. The predicted molar refractivity (Wildman–Crippen MR) is 80.5 cm³/mol. The van der Waals surface area contributed by atoms with E-state index < -0.39 is 0 Å². The first-order valence-corrected chi connectivity index (χ1v) is 6.79. The van der Waals surface area contributed by atoms with Crippen LogP contribution in [0.1, 0.15) is 25.5 Å². The van der Waals surface area contributed by atoms with Crippen molar-refractivity contribution in [3.05, 3.63) is 54.1 Å². The number of methoxy groups -OCH3 is 1. The smallest absolute Gasteiger partial charge is 0.128 e. The first-order valence-electron chi connectivity index (χ1n) is 6.79. The Bertz CT molecular complexity index is 605. The summed E-state index contributed by atoms with van der Waals surface area (Å²) in [7, 11) is 1.67. The van der Waals surface area contributed by atoms with Gasteiger partial charge in [0.2, 0.25) is 0 Å². The molecule has 0 saturated heterocycles. The molecule has 0 amide bonds. The molecule has 0 aromatic heterocycles. The van der Waals surface area contributed by atoms with Gasteiger partial charge in [-0.15, -0.1) is 0 Å². The van der Waals surface area contributed by atoms with Gasteiger partial charge in [-0.05, 0) is 44.2 Å². The second kappa shape index (κ2) is 4.75. The van der Waals surface area contributed by atoms with Gasteiger partial charge in [0.1, 0.15) is 17.1 Å². The van der Waals surface area contributed by atoms with Gasteiger partial charge in [0.25, 0.3) is 0 Å². The summed E-state index contributed by atoms with van der Waals surface area (Å²) in [4.78, 5) is 0. The Balaban J connectivity index is 1.88. The van der Waals surface area contributed by atoms with E-state index in [1.165, 1.54) is 5.56 Å². The van der Waals surface area contributed by atoms with Crippen molar-refractivity contribution in [2.24, 2.45) is 0 Å². The third-order valence-electron chi connectivity index (χ3n) is 3.70. The van der Waals surface area contributed by atoms with Crippen LogP contribution in [0, 0.1) is 0 Å². The average Bonchev–Trinajstić information content (AvgIpc) is 2.70. The highest BCUT2D eigenvalue weighted by molar-refractivity contribution is 5.53. The Kier molecular flexibility index (Phi) is 3.05. The molecule has 20 heavy (non-hydrogen) atoms. The van der Waals surface area contributed by atoms with Gasteiger partial charge >= 0.3 is 0 Å². The second-order valence-corrected chi connectivity index (χ2v) is 5.55. The monoisotopic (exact) mass is 269 g/mol. The van der Waals surface area contributed by atoms with Crippen LogP contribution in [0.25, 0.3) is 0 Å². The fraction of sp³-hybridized carbons (Fsp3) is 0.294. The zero-order valence-corrected chi connectivity index (χ0v) is 12.0. The molecule has 1 aliphatic heterocycles. The van der Waals surface area contributed by atoms with E-state index in [9.17, 15) is 0 Å². The van der Waals surface area contributed by atoms with Gasteiger partial charge in [0.15, 0.2) is 0 Å². The molecule has 104 valence electrons. The van der Waals surface area contributed by atoms with Crippen molar-refractivity contribution in [3.8, 4) is 11.5 Å². The second-order valence-electron chi connectivity index (χ2n) is 5.55. The van der Waals surface area contributed by atoms with Gasteiger partial charge < -0.3 is 14.8 Å². The molecule has 3 rings (SSSR count). The normalized spacial score (nSPS) is 19.1. The van der Waals surface area contributed by atoms with E-state index >= 15 is 0 Å². The van der Waals surface area contributed by atoms with Gasteiger partial charge in [-0.1, -0.05) is 18.2 Å². The van der Waals surface area contributed by atoms with Crippen LogP contribution in [-0.4, -0.2) is 12.7 Å². The fourth-order valence-electron chi connectivity index (χ4n) is 2.63. The maximum absolute atomic E-state index is 6.04. The lowest BCUT2D eigenvalue weighted by Gasteiger charge is -2.28. The number of rotatable bonds is 3. The van der Waals surface area contributed by atoms with Crippen molar-refractivity contribution in [2.45, 2.75) is 25.5 Å². The van der Waals surface area contributed by atoms with E-state index in [1.54, 1.807) is 7.11 Å². The Morgan fingerprint density at radius 3 is 2.45 bits per heavy atom. The zero-order valence-electron chi connectivity index (χ0n) is 12.0. The lowest BCUT2D eigenvalue weighted by atomic mass is 9.94. The first kappa shape index (κ1) is 12.9. The van der Waals surface area contributed by atoms with E-state index in [4.69, 9.17) is 9.47 Å². The topological polar surface area (TPSA) is 30.5 Å². The maximum Gasteiger partial charge on any atom is 0.128 e. The number of para-hydroxylation sites is 1. The van der Waals surface area contributed by atoms with Gasteiger partial charge in [0.05, 0.1) is 13.2 Å². The third-order valence-corrected chi connectivity index (χ3v) is 3.70. The summed E-state index contributed by atoms with van der Waals surface area (Å²) in [6, 6.07) is 16.3. The molecule has 0 fully saturated rings. The van der Waals surface area contributed by atoms with Crippen molar-refractivity contribution < 1.29 is 9.47 Å². The standard InChI is InChI=1S/C17H19NO2/c1-17(2)16(14-6-4-5-7-15(14)20-17)18-12-8-10-13(19-3)11-9-12/h4-11,16,18H,1-3H3. The molecular formula is C17H19NO2. The molecule has 1 atom stereocenters. The first-order chi connectivity index (χ1) is 9.60. The Morgan fingerprint density at radius 1 is 1.05 bits per heavy atom. The number of hydrogen-bond acceptors (Lipinski definition) is 3. The Labute approximate surface area is 119 Å². The number of hydrogen-bond donors (Lipinski definition) is 1. The van der Waals surface area contributed by atoms with Gasteiger partial charge in [-0.3, -0.25) is 0 Å². The number of fused-ring (bicyclic) bond motifs is 1. The van der Waals surface area contributed by atoms with Crippen LogP contribution in [0.5, 0.6) is 11.5 Å². The van der Waals surface area contributed by atoms with Gasteiger partial charge in [0, 0.05) is 11.3 Å². The van der Waals surface area contributed by atoms with Crippen LogP contribution >= 0.6 is 0 Å². The van der Waals surface area contributed by atoms with Crippen LogP contribution in [0.3, 0.4) is 0 Å². The summed E-state index contributed by atoms with van der Waals surface area (Å²) >= 11 is 0. The SMILES string of the molecule is COc1ccc(NC2c3ccccc3OC2(C)C)cc1. The minimum atomic E-state index is -0.274. The molecule has 3 nitrogen and oxygen atoms in total. The number of ether oxygens (including phenoxy) is 2. The van der Waals surface area contributed by atoms with Crippen LogP contribution in [0.4, 0.5) is 5.69 Å². The van der Waals surface area contributed by atoms with Crippen molar-refractivity contribution in [1.29, 1.82) is 0 Å². The molecule has 3 heteroatoms. The highest BCUT2D eigenvalue weighted by Crippen LogP contribution is 2.44. The van der Waals surface area contributed by atoms with Gasteiger partial charge in [-0.2, -0.15) is 0 Å². The molecule has 0 spiro atoms. The maximum atomic E-state index is 6.04. The van der Waals surface area contributed by atoms with Crippen LogP contribution in [-0.2, 0) is 0 Å². The summed E-state index contributed by atoms with van der Waals surface area (Å²) in [6.07, 6.45) is 0. The van der Waals surface area contributed by atoms with E-state index in [0.717, 1.165) is 17.2 Å². The van der Waals surface area contributed by atoms with E-state index in [-0.39, 0.29) is 11.6 Å². The zero-order chi connectivity index (χ0) is 14.2. The number of anilines is 1. The average molecular weight is 269 g/mol. The van der Waals surface area contributed by atoms with Crippen LogP contribution in [0.2, 0.25) is 0 Å². The molecule has 1 N–H and O–H groups in total. The number of benzene rings is 2.